The lowest BCUT2D eigenvalue weighted by molar-refractivity contribution is 0.508. The van der Waals surface area contributed by atoms with Gasteiger partial charge < -0.3 is 5.32 Å². The molecule has 0 spiro atoms. The van der Waals surface area contributed by atoms with Crippen molar-refractivity contribution in [3.05, 3.63) is 22.4 Å². The van der Waals surface area contributed by atoms with Gasteiger partial charge in [-0.25, -0.2) is 13.1 Å². The molecule has 0 aromatic carbocycles. The van der Waals surface area contributed by atoms with Crippen LogP contribution in [0.5, 0.6) is 0 Å². The van der Waals surface area contributed by atoms with Gasteiger partial charge in [-0.15, -0.1) is 11.3 Å². The largest absolute Gasteiger partial charge is 0.316 e. The van der Waals surface area contributed by atoms with Gasteiger partial charge in [0.15, 0.2) is 0 Å². The summed E-state index contributed by atoms with van der Waals surface area (Å²) in [7, 11) is -3.19. The van der Waals surface area contributed by atoms with Gasteiger partial charge in [-0.3, -0.25) is 0 Å². The summed E-state index contributed by atoms with van der Waals surface area (Å²) in [5.41, 5.74) is -0.169. The molecule has 0 radical (unpaired) electrons. The molecule has 0 fully saturated rings. The van der Waals surface area contributed by atoms with Crippen LogP contribution in [0.25, 0.3) is 0 Å². The second-order valence-corrected chi connectivity index (χ2v) is 8.13. The lowest BCUT2D eigenvalue weighted by Crippen LogP contribution is -2.39. The van der Waals surface area contributed by atoms with Crippen LogP contribution >= 0.6 is 11.3 Å². The Kier molecular flexibility index (Phi) is 6.46. The molecule has 0 aliphatic rings. The first kappa shape index (κ1) is 16.6. The van der Waals surface area contributed by atoms with Gasteiger partial charge in [0, 0.05) is 23.4 Å². The van der Waals surface area contributed by atoms with E-state index in [1.54, 1.807) is 11.3 Å². The highest BCUT2D eigenvalue weighted by Gasteiger charge is 2.24. The monoisotopic (exact) mass is 304 g/mol. The van der Waals surface area contributed by atoms with Crippen LogP contribution in [0.4, 0.5) is 0 Å². The van der Waals surface area contributed by atoms with Gasteiger partial charge in [0.2, 0.25) is 10.0 Å². The second kappa shape index (κ2) is 7.38. The Hall–Kier alpha value is -0.430. The highest BCUT2D eigenvalue weighted by Crippen LogP contribution is 2.26. The minimum atomic E-state index is -3.19. The maximum Gasteiger partial charge on any atom is 0.212 e. The predicted molar refractivity (Wildman–Crippen MR) is 82.3 cm³/mol. The fourth-order valence-electron chi connectivity index (χ4n) is 1.62. The smallest absolute Gasteiger partial charge is 0.212 e. The summed E-state index contributed by atoms with van der Waals surface area (Å²) in [6, 6.07) is 4.03. The van der Waals surface area contributed by atoms with Crippen molar-refractivity contribution < 1.29 is 8.42 Å². The Morgan fingerprint density at radius 3 is 2.63 bits per heavy atom. The molecule has 1 aromatic rings. The van der Waals surface area contributed by atoms with Gasteiger partial charge >= 0.3 is 0 Å². The van der Waals surface area contributed by atoms with Gasteiger partial charge in [0.05, 0.1) is 5.75 Å². The minimum Gasteiger partial charge on any atom is -0.316 e. The number of nitrogens with one attached hydrogen (secondary N) is 2. The van der Waals surface area contributed by atoms with E-state index >= 15 is 0 Å². The third-order valence-electron chi connectivity index (χ3n) is 2.90. The Bertz CT molecular complexity index is 453. The molecule has 1 rings (SSSR count). The van der Waals surface area contributed by atoms with E-state index in [4.69, 9.17) is 0 Å². The van der Waals surface area contributed by atoms with E-state index in [0.29, 0.717) is 13.1 Å². The van der Waals surface area contributed by atoms with Gasteiger partial charge in [-0.05, 0) is 24.4 Å². The average Bonchev–Trinajstić information content (AvgIpc) is 2.87. The fraction of sp³-hybridized carbons (Fsp3) is 0.692. The van der Waals surface area contributed by atoms with E-state index in [-0.39, 0.29) is 11.2 Å². The average molecular weight is 304 g/mol. The van der Waals surface area contributed by atoms with Crippen molar-refractivity contribution in [2.45, 2.75) is 32.6 Å². The molecule has 0 saturated carbocycles. The molecule has 0 aliphatic heterocycles. The summed E-state index contributed by atoms with van der Waals surface area (Å²) in [5, 5.41) is 5.11. The van der Waals surface area contributed by atoms with Crippen LogP contribution in [0.3, 0.4) is 0 Å². The van der Waals surface area contributed by atoms with Gasteiger partial charge in [-0.2, -0.15) is 0 Å². The van der Waals surface area contributed by atoms with E-state index in [9.17, 15) is 8.42 Å². The molecule has 6 heteroatoms. The van der Waals surface area contributed by atoms with Crippen molar-refractivity contribution in [1.82, 2.24) is 10.0 Å². The molecule has 1 aromatic heterocycles. The van der Waals surface area contributed by atoms with Crippen molar-refractivity contribution in [2.75, 3.05) is 25.4 Å². The van der Waals surface area contributed by atoms with Crippen molar-refractivity contribution in [3.63, 3.8) is 0 Å². The van der Waals surface area contributed by atoms with Crippen LogP contribution < -0.4 is 10.0 Å². The van der Waals surface area contributed by atoms with E-state index in [0.717, 1.165) is 13.0 Å². The van der Waals surface area contributed by atoms with Crippen LogP contribution in [-0.2, 0) is 15.4 Å². The molecule has 0 saturated heterocycles. The maximum atomic E-state index is 11.9. The standard InChI is InChI=1S/C13H24N2O2S2/c1-4-7-14-8-10-19(16,17)15-11-13(2,3)12-6-5-9-18-12/h5-6,9,14-15H,4,7-8,10-11H2,1-3H3. The molecule has 0 atom stereocenters. The number of sulfonamides is 1. The van der Waals surface area contributed by atoms with Crippen molar-refractivity contribution >= 4 is 21.4 Å². The number of rotatable bonds is 9. The van der Waals surface area contributed by atoms with Gasteiger partial charge in [0.25, 0.3) is 0 Å². The lowest BCUT2D eigenvalue weighted by atomic mass is 9.92. The maximum absolute atomic E-state index is 11.9. The van der Waals surface area contributed by atoms with Crippen LogP contribution in [0.2, 0.25) is 0 Å². The minimum absolute atomic E-state index is 0.132. The van der Waals surface area contributed by atoms with E-state index in [1.807, 2.05) is 17.5 Å². The van der Waals surface area contributed by atoms with Gasteiger partial charge in [-0.1, -0.05) is 26.8 Å². The first-order chi connectivity index (χ1) is 8.87. The van der Waals surface area contributed by atoms with Crippen molar-refractivity contribution in [3.8, 4) is 0 Å². The molecule has 0 bridgehead atoms. The highest BCUT2D eigenvalue weighted by atomic mass is 32.2. The fourth-order valence-corrected chi connectivity index (χ4v) is 3.61. The quantitative estimate of drug-likeness (QED) is 0.686. The topological polar surface area (TPSA) is 58.2 Å². The Labute approximate surface area is 120 Å². The molecular weight excluding hydrogens is 280 g/mol. The molecule has 0 amide bonds. The molecule has 110 valence electrons. The first-order valence-electron chi connectivity index (χ1n) is 6.59. The van der Waals surface area contributed by atoms with Gasteiger partial charge in [0.1, 0.15) is 0 Å². The zero-order valence-electron chi connectivity index (χ0n) is 11.9. The van der Waals surface area contributed by atoms with E-state index in [1.165, 1.54) is 4.88 Å². The van der Waals surface area contributed by atoms with Crippen LogP contribution in [0.1, 0.15) is 32.1 Å². The lowest BCUT2D eigenvalue weighted by Gasteiger charge is -2.23. The summed E-state index contributed by atoms with van der Waals surface area (Å²) >= 11 is 1.66. The van der Waals surface area contributed by atoms with Crippen molar-refractivity contribution in [1.29, 1.82) is 0 Å². The molecule has 0 aliphatic carbocycles. The first-order valence-corrected chi connectivity index (χ1v) is 9.12. The highest BCUT2D eigenvalue weighted by molar-refractivity contribution is 7.89. The predicted octanol–water partition coefficient (Wildman–Crippen LogP) is 1.94. The number of hydrogen-bond acceptors (Lipinski definition) is 4. The summed E-state index contributed by atoms with van der Waals surface area (Å²) in [4.78, 5) is 1.19. The third-order valence-corrected chi connectivity index (χ3v) is 5.46. The van der Waals surface area contributed by atoms with E-state index < -0.39 is 10.0 Å². The zero-order chi connectivity index (χ0) is 14.4. The Morgan fingerprint density at radius 2 is 2.05 bits per heavy atom. The number of hydrogen-bond donors (Lipinski definition) is 2. The zero-order valence-corrected chi connectivity index (χ0v) is 13.5. The normalized spacial score (nSPS) is 12.8. The van der Waals surface area contributed by atoms with Crippen LogP contribution in [0.15, 0.2) is 17.5 Å². The Morgan fingerprint density at radius 1 is 1.32 bits per heavy atom. The summed E-state index contributed by atoms with van der Waals surface area (Å²) in [5.74, 6) is 0.132. The summed E-state index contributed by atoms with van der Waals surface area (Å²) in [6.07, 6.45) is 1.01. The molecule has 4 nitrogen and oxygen atoms in total. The van der Waals surface area contributed by atoms with Crippen molar-refractivity contribution in [2.24, 2.45) is 0 Å². The second-order valence-electron chi connectivity index (χ2n) is 5.25. The molecular formula is C13H24N2O2S2. The van der Waals surface area contributed by atoms with Crippen LogP contribution in [-0.4, -0.2) is 33.8 Å². The molecule has 1 heterocycles. The Balaban J connectivity index is 2.42. The number of thiophene rings is 1. The SMILES string of the molecule is CCCNCCS(=O)(=O)NCC(C)(C)c1cccs1. The van der Waals surface area contributed by atoms with E-state index in [2.05, 4.69) is 30.8 Å². The third kappa shape index (κ3) is 6.03. The molecule has 2 N–H and O–H groups in total. The molecule has 0 unspecified atom stereocenters. The molecule has 19 heavy (non-hydrogen) atoms. The summed E-state index contributed by atoms with van der Waals surface area (Å²) in [6.45, 7) is 7.96. The summed E-state index contributed by atoms with van der Waals surface area (Å²) < 4.78 is 26.4. The van der Waals surface area contributed by atoms with Crippen LogP contribution in [0, 0.1) is 0 Å².